The molecule has 90 valence electrons. The number of halogens is 1. The molecule has 0 heterocycles. The molecule has 1 aromatic carbocycles. The lowest BCUT2D eigenvalue weighted by Gasteiger charge is -2.35. The SMILES string of the molecule is N#CC1(C(O)c2ccc(F)cc2)CCCCC1. The summed E-state index contributed by atoms with van der Waals surface area (Å²) in [7, 11) is 0. The molecule has 1 aliphatic carbocycles. The number of benzene rings is 1. The van der Waals surface area contributed by atoms with Crippen LogP contribution in [0.3, 0.4) is 0 Å². The summed E-state index contributed by atoms with van der Waals surface area (Å²) in [6.45, 7) is 0. The molecule has 1 aromatic rings. The Kier molecular flexibility index (Phi) is 3.44. The summed E-state index contributed by atoms with van der Waals surface area (Å²) in [6, 6.07) is 8.06. The van der Waals surface area contributed by atoms with Crippen LogP contribution in [0.1, 0.15) is 43.8 Å². The molecule has 0 radical (unpaired) electrons. The highest BCUT2D eigenvalue weighted by Gasteiger charge is 2.40. The van der Waals surface area contributed by atoms with Gasteiger partial charge >= 0.3 is 0 Å². The van der Waals surface area contributed by atoms with Crippen molar-refractivity contribution in [2.24, 2.45) is 5.41 Å². The zero-order valence-electron chi connectivity index (χ0n) is 9.69. The molecule has 1 N–H and O–H groups in total. The van der Waals surface area contributed by atoms with Gasteiger partial charge in [0.2, 0.25) is 0 Å². The number of hydrogen-bond acceptors (Lipinski definition) is 2. The molecule has 0 bridgehead atoms. The lowest BCUT2D eigenvalue weighted by atomic mass is 9.69. The van der Waals surface area contributed by atoms with Crippen LogP contribution in [0.5, 0.6) is 0 Å². The Hall–Kier alpha value is -1.40. The van der Waals surface area contributed by atoms with E-state index in [1.54, 1.807) is 12.1 Å². The smallest absolute Gasteiger partial charge is 0.123 e. The van der Waals surface area contributed by atoms with Crippen LogP contribution in [0.4, 0.5) is 4.39 Å². The molecule has 0 aromatic heterocycles. The van der Waals surface area contributed by atoms with Gasteiger partial charge in [0.25, 0.3) is 0 Å². The van der Waals surface area contributed by atoms with Crippen LogP contribution in [-0.4, -0.2) is 5.11 Å². The molecule has 1 aliphatic rings. The molecule has 2 nitrogen and oxygen atoms in total. The zero-order valence-corrected chi connectivity index (χ0v) is 9.69. The standard InChI is InChI=1S/C14H16FNO/c15-12-6-4-11(5-7-12)13(17)14(10-16)8-2-1-3-9-14/h4-7,13,17H,1-3,8-9H2. The highest BCUT2D eigenvalue weighted by atomic mass is 19.1. The molecule has 0 saturated heterocycles. The van der Waals surface area contributed by atoms with Gasteiger partial charge in [0.15, 0.2) is 0 Å². The van der Waals surface area contributed by atoms with E-state index in [0.717, 1.165) is 32.1 Å². The van der Waals surface area contributed by atoms with Crippen LogP contribution in [0.15, 0.2) is 24.3 Å². The van der Waals surface area contributed by atoms with Crippen LogP contribution < -0.4 is 0 Å². The molecule has 1 unspecified atom stereocenters. The van der Waals surface area contributed by atoms with Crippen molar-refractivity contribution < 1.29 is 9.50 Å². The second-order valence-corrected chi connectivity index (χ2v) is 4.78. The first kappa shape index (κ1) is 12.1. The maximum absolute atomic E-state index is 12.8. The predicted octanol–water partition coefficient (Wildman–Crippen LogP) is 3.33. The van der Waals surface area contributed by atoms with Gasteiger partial charge in [-0.3, -0.25) is 0 Å². The fourth-order valence-electron chi connectivity index (χ4n) is 2.59. The van der Waals surface area contributed by atoms with Gasteiger partial charge in [0.05, 0.1) is 17.6 Å². The Labute approximate surface area is 101 Å². The third kappa shape index (κ3) is 2.32. The summed E-state index contributed by atoms with van der Waals surface area (Å²) in [5, 5.41) is 19.7. The van der Waals surface area contributed by atoms with Gasteiger partial charge in [-0.05, 0) is 30.5 Å². The summed E-state index contributed by atoms with van der Waals surface area (Å²) in [4.78, 5) is 0. The van der Waals surface area contributed by atoms with Crippen molar-refractivity contribution in [2.45, 2.75) is 38.2 Å². The van der Waals surface area contributed by atoms with Crippen molar-refractivity contribution in [1.82, 2.24) is 0 Å². The van der Waals surface area contributed by atoms with Crippen molar-refractivity contribution in [3.8, 4) is 6.07 Å². The summed E-state index contributed by atoms with van der Waals surface area (Å²) in [5.74, 6) is -0.324. The minimum Gasteiger partial charge on any atom is -0.387 e. The molecular weight excluding hydrogens is 217 g/mol. The van der Waals surface area contributed by atoms with E-state index < -0.39 is 11.5 Å². The van der Waals surface area contributed by atoms with E-state index >= 15 is 0 Å². The average Bonchev–Trinajstić information content (AvgIpc) is 2.39. The molecule has 1 atom stereocenters. The fourth-order valence-corrected chi connectivity index (χ4v) is 2.59. The summed E-state index contributed by atoms with van der Waals surface area (Å²) in [6.07, 6.45) is 3.72. The molecule has 1 saturated carbocycles. The van der Waals surface area contributed by atoms with Gasteiger partial charge in [-0.2, -0.15) is 5.26 Å². The Bertz CT molecular complexity index is 415. The predicted molar refractivity (Wildman–Crippen MR) is 62.5 cm³/mol. The lowest BCUT2D eigenvalue weighted by Crippen LogP contribution is -2.30. The number of hydrogen-bond donors (Lipinski definition) is 1. The Morgan fingerprint density at radius 1 is 1.18 bits per heavy atom. The molecule has 0 aliphatic heterocycles. The second-order valence-electron chi connectivity index (χ2n) is 4.78. The largest absolute Gasteiger partial charge is 0.387 e. The molecule has 3 heteroatoms. The first-order valence-electron chi connectivity index (χ1n) is 6.03. The zero-order chi connectivity index (χ0) is 12.3. The normalized spacial score (nSPS) is 20.5. The number of aliphatic hydroxyl groups is 1. The number of nitrogens with zero attached hydrogens (tertiary/aromatic N) is 1. The summed E-state index contributed by atoms with van der Waals surface area (Å²) >= 11 is 0. The van der Waals surface area contributed by atoms with Crippen molar-refractivity contribution >= 4 is 0 Å². The Morgan fingerprint density at radius 2 is 1.76 bits per heavy atom. The average molecular weight is 233 g/mol. The van der Waals surface area contributed by atoms with Crippen LogP contribution in [0, 0.1) is 22.6 Å². The summed E-state index contributed by atoms with van der Waals surface area (Å²) in [5.41, 5.74) is -0.0503. The van der Waals surface area contributed by atoms with Crippen LogP contribution in [0.2, 0.25) is 0 Å². The summed E-state index contributed by atoms with van der Waals surface area (Å²) < 4.78 is 12.8. The monoisotopic (exact) mass is 233 g/mol. The van der Waals surface area contributed by atoms with Crippen LogP contribution in [0.25, 0.3) is 0 Å². The highest BCUT2D eigenvalue weighted by Crippen LogP contribution is 2.45. The van der Waals surface area contributed by atoms with E-state index in [2.05, 4.69) is 6.07 Å². The maximum Gasteiger partial charge on any atom is 0.123 e. The van der Waals surface area contributed by atoms with E-state index in [1.807, 2.05) is 0 Å². The van der Waals surface area contributed by atoms with E-state index in [9.17, 15) is 14.8 Å². The highest BCUT2D eigenvalue weighted by molar-refractivity contribution is 5.23. The van der Waals surface area contributed by atoms with Gasteiger partial charge in [-0.25, -0.2) is 4.39 Å². The topological polar surface area (TPSA) is 44.0 Å². The Morgan fingerprint density at radius 3 is 2.29 bits per heavy atom. The molecular formula is C14H16FNO. The minimum absolute atomic E-state index is 0.324. The number of rotatable bonds is 2. The van der Waals surface area contributed by atoms with Crippen LogP contribution >= 0.6 is 0 Å². The molecule has 2 rings (SSSR count). The third-order valence-electron chi connectivity index (χ3n) is 3.68. The third-order valence-corrected chi connectivity index (χ3v) is 3.68. The van der Waals surface area contributed by atoms with Gasteiger partial charge in [-0.15, -0.1) is 0 Å². The number of nitriles is 1. The first-order valence-corrected chi connectivity index (χ1v) is 6.03. The molecule has 1 fully saturated rings. The van der Waals surface area contributed by atoms with Gasteiger partial charge in [-0.1, -0.05) is 31.4 Å². The van der Waals surface area contributed by atoms with Crippen LogP contribution in [-0.2, 0) is 0 Å². The molecule has 0 amide bonds. The quantitative estimate of drug-likeness (QED) is 0.851. The first-order chi connectivity index (χ1) is 8.18. The number of aliphatic hydroxyl groups excluding tert-OH is 1. The van der Waals surface area contributed by atoms with E-state index in [-0.39, 0.29) is 5.82 Å². The molecule has 17 heavy (non-hydrogen) atoms. The van der Waals surface area contributed by atoms with Gasteiger partial charge in [0.1, 0.15) is 5.82 Å². The van der Waals surface area contributed by atoms with E-state index in [0.29, 0.717) is 5.56 Å². The van der Waals surface area contributed by atoms with Crippen molar-refractivity contribution in [3.63, 3.8) is 0 Å². The minimum atomic E-state index is -0.812. The van der Waals surface area contributed by atoms with Crippen molar-refractivity contribution in [2.75, 3.05) is 0 Å². The fraction of sp³-hybridized carbons (Fsp3) is 0.500. The van der Waals surface area contributed by atoms with E-state index in [1.165, 1.54) is 12.1 Å². The van der Waals surface area contributed by atoms with Gasteiger partial charge < -0.3 is 5.11 Å². The van der Waals surface area contributed by atoms with E-state index in [4.69, 9.17) is 0 Å². The van der Waals surface area contributed by atoms with Crippen molar-refractivity contribution in [1.29, 1.82) is 5.26 Å². The molecule has 0 spiro atoms. The Balaban J connectivity index is 2.25. The lowest BCUT2D eigenvalue weighted by molar-refractivity contribution is 0.0359. The maximum atomic E-state index is 12.8. The second kappa shape index (κ2) is 4.85. The van der Waals surface area contributed by atoms with Crippen molar-refractivity contribution in [3.05, 3.63) is 35.6 Å². The van der Waals surface area contributed by atoms with Gasteiger partial charge in [0, 0.05) is 0 Å².